The summed E-state index contributed by atoms with van der Waals surface area (Å²) in [4.78, 5) is 1.99. The topological polar surface area (TPSA) is 66.2 Å². The van der Waals surface area contributed by atoms with Gasteiger partial charge in [0.05, 0.1) is 16.9 Å². The first-order valence-electron chi connectivity index (χ1n) is 9.57. The molecular weight excluding hydrogens is 395 g/mol. The van der Waals surface area contributed by atoms with E-state index in [2.05, 4.69) is 20.8 Å². The lowest BCUT2D eigenvalue weighted by Gasteiger charge is -2.16. The molecule has 2 aromatic carbocycles. The van der Waals surface area contributed by atoms with Crippen LogP contribution in [0.5, 0.6) is 0 Å². The van der Waals surface area contributed by atoms with Gasteiger partial charge < -0.3 is 20.0 Å². The summed E-state index contributed by atoms with van der Waals surface area (Å²) < 4.78 is 48.5. The summed E-state index contributed by atoms with van der Waals surface area (Å²) in [7, 11) is 3.87. The average molecular weight is 419 g/mol. The van der Waals surface area contributed by atoms with Gasteiger partial charge in [-0.3, -0.25) is 0 Å². The number of halogens is 3. The van der Waals surface area contributed by atoms with Crippen LogP contribution >= 0.6 is 0 Å². The van der Waals surface area contributed by atoms with E-state index in [0.717, 1.165) is 18.2 Å². The third-order valence-electron chi connectivity index (χ3n) is 4.46. The largest absolute Gasteiger partial charge is 0.403 e. The average Bonchev–Trinajstić information content (AvgIpc) is 3.14. The van der Waals surface area contributed by atoms with E-state index in [0.29, 0.717) is 6.42 Å². The van der Waals surface area contributed by atoms with E-state index < -0.39 is 17.5 Å². The second-order valence-electron chi connectivity index (χ2n) is 7.30. The zero-order valence-electron chi connectivity index (χ0n) is 17.3. The van der Waals surface area contributed by atoms with E-state index in [-0.39, 0.29) is 34.9 Å². The van der Waals surface area contributed by atoms with Gasteiger partial charge in [-0.15, -0.1) is 5.10 Å². The number of anilines is 3. The highest BCUT2D eigenvalue weighted by Crippen LogP contribution is 2.34. The van der Waals surface area contributed by atoms with Crippen LogP contribution in [0.15, 0.2) is 34.7 Å². The van der Waals surface area contributed by atoms with Crippen LogP contribution in [-0.2, 0) is 6.42 Å². The van der Waals surface area contributed by atoms with Crippen molar-refractivity contribution in [1.82, 2.24) is 15.1 Å². The lowest BCUT2D eigenvalue weighted by atomic mass is 10.1. The first kappa shape index (κ1) is 21.6. The molecule has 0 saturated heterocycles. The Labute approximate surface area is 173 Å². The molecule has 0 bridgehead atoms. The number of nitrogens with one attached hydrogen (secondary N) is 2. The fourth-order valence-corrected chi connectivity index (χ4v) is 3.06. The molecule has 2 N–H and O–H groups in total. The monoisotopic (exact) mass is 419 g/mol. The van der Waals surface area contributed by atoms with Gasteiger partial charge in [-0.25, -0.2) is 13.2 Å². The van der Waals surface area contributed by atoms with Crippen molar-refractivity contribution in [3.63, 3.8) is 0 Å². The fourth-order valence-electron chi connectivity index (χ4n) is 3.06. The highest BCUT2D eigenvalue weighted by molar-refractivity contribution is 5.78. The molecule has 30 heavy (non-hydrogen) atoms. The molecule has 3 aromatic rings. The van der Waals surface area contributed by atoms with Gasteiger partial charge in [0.15, 0.2) is 11.6 Å². The van der Waals surface area contributed by atoms with Crippen LogP contribution in [0.1, 0.15) is 19.4 Å². The lowest BCUT2D eigenvalue weighted by molar-refractivity contribution is 0.388. The van der Waals surface area contributed by atoms with Gasteiger partial charge in [-0.2, -0.15) is 0 Å². The smallest absolute Gasteiger partial charge is 0.315 e. The molecule has 6 nitrogen and oxygen atoms in total. The van der Waals surface area contributed by atoms with E-state index in [1.54, 1.807) is 6.07 Å². The van der Waals surface area contributed by atoms with E-state index >= 15 is 0 Å². The van der Waals surface area contributed by atoms with Crippen LogP contribution in [0, 0.1) is 17.5 Å². The molecule has 0 saturated carbocycles. The van der Waals surface area contributed by atoms with Crippen molar-refractivity contribution >= 4 is 17.4 Å². The number of nitrogens with zero attached hydrogens (tertiary/aromatic N) is 3. The molecular formula is C21H24F3N5O. The summed E-state index contributed by atoms with van der Waals surface area (Å²) in [5.41, 5.74) is 0.635. The first-order valence-corrected chi connectivity index (χ1v) is 9.57. The molecule has 3 rings (SSSR count). The Morgan fingerprint density at radius 1 is 1.07 bits per heavy atom. The number of likely N-dealkylation sites (N-methyl/N-ethyl adjacent to an activating group) is 1. The van der Waals surface area contributed by atoms with E-state index in [9.17, 15) is 13.2 Å². The molecule has 1 atom stereocenters. The zero-order valence-corrected chi connectivity index (χ0v) is 17.3. The summed E-state index contributed by atoms with van der Waals surface area (Å²) in [5, 5.41) is 13.5. The second-order valence-corrected chi connectivity index (χ2v) is 7.30. The van der Waals surface area contributed by atoms with E-state index in [4.69, 9.17) is 4.42 Å². The molecule has 0 aliphatic carbocycles. The number of hydrogen-bond donors (Lipinski definition) is 2. The third-order valence-corrected chi connectivity index (χ3v) is 4.46. The van der Waals surface area contributed by atoms with Gasteiger partial charge >= 0.3 is 6.01 Å². The van der Waals surface area contributed by atoms with Gasteiger partial charge in [0.25, 0.3) is 5.89 Å². The van der Waals surface area contributed by atoms with Crippen molar-refractivity contribution in [1.29, 1.82) is 0 Å². The third kappa shape index (κ3) is 4.91. The molecule has 1 heterocycles. The van der Waals surface area contributed by atoms with Crippen molar-refractivity contribution in [3.8, 4) is 11.5 Å². The molecule has 0 aliphatic heterocycles. The molecule has 1 aromatic heterocycles. The van der Waals surface area contributed by atoms with Crippen LogP contribution in [0.3, 0.4) is 0 Å². The second kappa shape index (κ2) is 9.17. The van der Waals surface area contributed by atoms with Crippen molar-refractivity contribution in [3.05, 3.63) is 53.3 Å². The molecule has 0 fully saturated rings. The molecule has 0 aliphatic rings. The Morgan fingerprint density at radius 3 is 2.50 bits per heavy atom. The minimum atomic E-state index is -1.17. The molecule has 1 unspecified atom stereocenters. The van der Waals surface area contributed by atoms with Crippen molar-refractivity contribution in [2.24, 2.45) is 0 Å². The maximum Gasteiger partial charge on any atom is 0.315 e. The minimum Gasteiger partial charge on any atom is -0.403 e. The van der Waals surface area contributed by atoms with Crippen molar-refractivity contribution < 1.29 is 17.6 Å². The summed E-state index contributed by atoms with van der Waals surface area (Å²) >= 11 is 0. The predicted octanol–water partition coefficient (Wildman–Crippen LogP) is 4.82. The Kier molecular flexibility index (Phi) is 6.61. The van der Waals surface area contributed by atoms with Gasteiger partial charge in [-0.1, -0.05) is 18.1 Å². The number of aryl methyl sites for hydroxylation is 1. The van der Waals surface area contributed by atoms with Crippen LogP contribution < -0.4 is 10.6 Å². The summed E-state index contributed by atoms with van der Waals surface area (Å²) in [6.07, 6.45) is 0.654. The van der Waals surface area contributed by atoms with Crippen LogP contribution in [0.25, 0.3) is 11.5 Å². The standard InChI is InChI=1S/C21H24F3N5O/c1-5-13-6-9-17(16(23)10-13)26-19-14(7-8-15(22)18(19)24)20-27-28-21(30-20)25-12(2)11-29(3)4/h6-10,12,26H,5,11H2,1-4H3,(H,25,28). The Hall–Kier alpha value is -3.07. The number of aromatic nitrogens is 2. The van der Waals surface area contributed by atoms with Crippen molar-refractivity contribution in [2.45, 2.75) is 26.3 Å². The summed E-state index contributed by atoms with van der Waals surface area (Å²) in [6.45, 7) is 4.56. The molecule has 160 valence electrons. The van der Waals surface area contributed by atoms with Gasteiger partial charge in [-0.05, 0) is 57.3 Å². The summed E-state index contributed by atoms with van der Waals surface area (Å²) in [5.74, 6) is -2.85. The highest BCUT2D eigenvalue weighted by atomic mass is 19.2. The van der Waals surface area contributed by atoms with Gasteiger partial charge in [0, 0.05) is 12.6 Å². The van der Waals surface area contributed by atoms with Crippen LogP contribution in [0.4, 0.5) is 30.6 Å². The Bertz CT molecular complexity index is 1020. The maximum absolute atomic E-state index is 14.6. The molecule has 0 amide bonds. The Morgan fingerprint density at radius 2 is 1.83 bits per heavy atom. The van der Waals surface area contributed by atoms with E-state index in [1.165, 1.54) is 18.2 Å². The quantitative estimate of drug-likeness (QED) is 0.546. The van der Waals surface area contributed by atoms with Crippen molar-refractivity contribution in [2.75, 3.05) is 31.3 Å². The lowest BCUT2D eigenvalue weighted by Crippen LogP contribution is -2.29. The normalized spacial score (nSPS) is 12.3. The zero-order chi connectivity index (χ0) is 21.8. The van der Waals surface area contributed by atoms with Gasteiger partial charge in [0.2, 0.25) is 0 Å². The highest BCUT2D eigenvalue weighted by Gasteiger charge is 2.21. The number of rotatable bonds is 8. The molecule has 9 heteroatoms. The minimum absolute atomic E-state index is 0.00965. The number of benzene rings is 2. The predicted molar refractivity (Wildman–Crippen MR) is 110 cm³/mol. The first-order chi connectivity index (χ1) is 14.3. The number of hydrogen-bond acceptors (Lipinski definition) is 6. The molecule has 0 spiro atoms. The van der Waals surface area contributed by atoms with Crippen LogP contribution in [-0.4, -0.2) is 41.8 Å². The SMILES string of the molecule is CCc1ccc(Nc2c(-c3nnc(NC(C)CN(C)C)o3)ccc(F)c2F)c(F)c1. The molecule has 0 radical (unpaired) electrons. The van der Waals surface area contributed by atoms with E-state index in [1.807, 2.05) is 32.8 Å². The van der Waals surface area contributed by atoms with Gasteiger partial charge in [0.1, 0.15) is 5.82 Å². The summed E-state index contributed by atoms with van der Waals surface area (Å²) in [6, 6.07) is 6.96. The Balaban J connectivity index is 1.92. The van der Waals surface area contributed by atoms with Crippen LogP contribution in [0.2, 0.25) is 0 Å². The maximum atomic E-state index is 14.6. The fraction of sp³-hybridized carbons (Fsp3) is 0.333.